The van der Waals surface area contributed by atoms with Crippen LogP contribution in [0, 0.1) is 0 Å². The minimum atomic E-state index is -0.212. The normalized spacial score (nSPS) is 13.4. The molecule has 0 radical (unpaired) electrons. The van der Waals surface area contributed by atoms with Crippen molar-refractivity contribution in [1.82, 2.24) is 5.32 Å². The molecule has 0 spiro atoms. The second kappa shape index (κ2) is 7.61. The van der Waals surface area contributed by atoms with Gasteiger partial charge in [0, 0.05) is 42.9 Å². The van der Waals surface area contributed by atoms with Crippen LogP contribution < -0.4 is 15.5 Å². The summed E-state index contributed by atoms with van der Waals surface area (Å²) < 4.78 is 0. The number of anilines is 2. The van der Waals surface area contributed by atoms with Gasteiger partial charge in [-0.1, -0.05) is 30.3 Å². The summed E-state index contributed by atoms with van der Waals surface area (Å²) in [5.74, 6) is -0.262. The second-order valence-electron chi connectivity index (χ2n) is 5.77. The number of rotatable bonds is 6. The fourth-order valence-electron chi connectivity index (χ4n) is 2.66. The first-order valence-electron chi connectivity index (χ1n) is 8.17. The van der Waals surface area contributed by atoms with Crippen molar-refractivity contribution in [3.63, 3.8) is 0 Å². The van der Waals surface area contributed by atoms with Crippen LogP contribution in [-0.2, 0) is 4.79 Å². The summed E-state index contributed by atoms with van der Waals surface area (Å²) in [7, 11) is 0. The van der Waals surface area contributed by atoms with Crippen LogP contribution in [0.4, 0.5) is 16.2 Å². The number of urea groups is 1. The monoisotopic (exact) mass is 337 g/mol. The van der Waals surface area contributed by atoms with Crippen LogP contribution in [0.3, 0.4) is 0 Å². The third-order valence-electron chi connectivity index (χ3n) is 3.99. The molecule has 6 nitrogen and oxygen atoms in total. The molecule has 1 heterocycles. The highest BCUT2D eigenvalue weighted by atomic mass is 16.2. The molecule has 1 aliphatic heterocycles. The van der Waals surface area contributed by atoms with Crippen LogP contribution in [0.25, 0.3) is 0 Å². The standard InChI is InChI=1S/C19H19N3O3/c23-17(14-4-2-1-3-5-14)10-11-18(24)21-15-6-8-16(9-7-15)22-13-12-20-19(22)25/h1-9H,10-13H2,(H,20,25)(H,21,24). The number of benzene rings is 2. The van der Waals surface area contributed by atoms with E-state index in [1.807, 2.05) is 6.07 Å². The molecule has 0 aromatic heterocycles. The van der Waals surface area contributed by atoms with Crippen molar-refractivity contribution in [2.75, 3.05) is 23.3 Å². The van der Waals surface area contributed by atoms with Gasteiger partial charge in [-0.2, -0.15) is 0 Å². The molecule has 2 aromatic carbocycles. The topological polar surface area (TPSA) is 78.5 Å². The number of nitrogens with zero attached hydrogens (tertiary/aromatic N) is 1. The average Bonchev–Trinajstić information content (AvgIpc) is 3.07. The first kappa shape index (κ1) is 16.7. The predicted molar refractivity (Wildman–Crippen MR) is 95.8 cm³/mol. The zero-order valence-corrected chi connectivity index (χ0v) is 13.7. The van der Waals surface area contributed by atoms with Crippen molar-refractivity contribution in [2.45, 2.75) is 12.8 Å². The van der Waals surface area contributed by atoms with E-state index < -0.39 is 0 Å². The maximum Gasteiger partial charge on any atom is 0.321 e. The molecule has 1 aliphatic rings. The highest BCUT2D eigenvalue weighted by Crippen LogP contribution is 2.19. The summed E-state index contributed by atoms with van der Waals surface area (Å²) in [6, 6.07) is 15.9. The van der Waals surface area contributed by atoms with Crippen molar-refractivity contribution < 1.29 is 14.4 Å². The number of carbonyl (C=O) groups excluding carboxylic acids is 3. The molecule has 0 aliphatic carbocycles. The Morgan fingerprint density at radius 3 is 2.36 bits per heavy atom. The minimum absolute atomic E-state index is 0.0499. The third-order valence-corrected chi connectivity index (χ3v) is 3.99. The summed E-state index contributed by atoms with van der Waals surface area (Å²) in [6.45, 7) is 1.26. The van der Waals surface area contributed by atoms with E-state index in [0.29, 0.717) is 24.3 Å². The Hall–Kier alpha value is -3.15. The lowest BCUT2D eigenvalue weighted by molar-refractivity contribution is -0.116. The lowest BCUT2D eigenvalue weighted by Crippen LogP contribution is -2.27. The number of nitrogens with one attached hydrogen (secondary N) is 2. The smallest absolute Gasteiger partial charge is 0.321 e. The average molecular weight is 337 g/mol. The largest absolute Gasteiger partial charge is 0.336 e. The Labute approximate surface area is 145 Å². The molecule has 2 aromatic rings. The highest BCUT2D eigenvalue weighted by molar-refractivity contribution is 6.00. The van der Waals surface area contributed by atoms with E-state index in [9.17, 15) is 14.4 Å². The number of carbonyl (C=O) groups is 3. The molecule has 3 amide bonds. The van der Waals surface area contributed by atoms with Gasteiger partial charge in [0.25, 0.3) is 0 Å². The Kier molecular flexibility index (Phi) is 5.09. The highest BCUT2D eigenvalue weighted by Gasteiger charge is 2.20. The summed E-state index contributed by atoms with van der Waals surface area (Å²) in [5, 5.41) is 5.51. The number of hydrogen-bond donors (Lipinski definition) is 2. The van der Waals surface area contributed by atoms with Crippen molar-refractivity contribution >= 4 is 29.1 Å². The molecular formula is C19H19N3O3. The maximum absolute atomic E-state index is 12.0. The van der Waals surface area contributed by atoms with Gasteiger partial charge in [-0.05, 0) is 24.3 Å². The van der Waals surface area contributed by atoms with Crippen molar-refractivity contribution in [2.24, 2.45) is 0 Å². The van der Waals surface area contributed by atoms with E-state index >= 15 is 0 Å². The number of Topliss-reactive ketones (excluding diaryl/α,β-unsaturated/α-hetero) is 1. The zero-order valence-electron chi connectivity index (χ0n) is 13.7. The van der Waals surface area contributed by atoms with Crippen LogP contribution in [-0.4, -0.2) is 30.8 Å². The Bertz CT molecular complexity index is 772. The van der Waals surface area contributed by atoms with Crippen LogP contribution in [0.2, 0.25) is 0 Å². The lowest BCUT2D eigenvalue weighted by Gasteiger charge is -2.14. The first-order valence-corrected chi connectivity index (χ1v) is 8.17. The summed E-state index contributed by atoms with van der Waals surface area (Å²) in [5.41, 5.74) is 2.04. The van der Waals surface area contributed by atoms with Gasteiger partial charge in [-0.15, -0.1) is 0 Å². The molecule has 2 N–H and O–H groups in total. The predicted octanol–water partition coefficient (Wildman–Crippen LogP) is 2.82. The molecule has 3 rings (SSSR count). The van der Waals surface area contributed by atoms with E-state index in [1.54, 1.807) is 53.4 Å². The van der Waals surface area contributed by atoms with Gasteiger partial charge in [0.05, 0.1) is 0 Å². The van der Waals surface area contributed by atoms with Crippen LogP contribution in [0.15, 0.2) is 54.6 Å². The fourth-order valence-corrected chi connectivity index (χ4v) is 2.66. The van der Waals surface area contributed by atoms with Crippen LogP contribution in [0.1, 0.15) is 23.2 Å². The van der Waals surface area contributed by atoms with Crippen LogP contribution in [0.5, 0.6) is 0 Å². The second-order valence-corrected chi connectivity index (χ2v) is 5.77. The van der Waals surface area contributed by atoms with Gasteiger partial charge >= 0.3 is 6.03 Å². The van der Waals surface area contributed by atoms with Gasteiger partial charge in [0.2, 0.25) is 5.91 Å². The molecule has 1 fully saturated rings. The van der Waals surface area contributed by atoms with Gasteiger partial charge in [-0.3, -0.25) is 14.5 Å². The summed E-state index contributed by atoms with van der Waals surface area (Å²) in [4.78, 5) is 37.3. The molecule has 0 unspecified atom stereocenters. The van der Waals surface area contributed by atoms with E-state index in [4.69, 9.17) is 0 Å². The van der Waals surface area contributed by atoms with Gasteiger partial charge < -0.3 is 10.6 Å². The lowest BCUT2D eigenvalue weighted by atomic mass is 10.1. The number of hydrogen-bond acceptors (Lipinski definition) is 3. The van der Waals surface area contributed by atoms with Crippen molar-refractivity contribution in [3.05, 3.63) is 60.2 Å². The molecule has 0 atom stereocenters. The first-order chi connectivity index (χ1) is 12.1. The third kappa shape index (κ3) is 4.23. The number of ketones is 1. The van der Waals surface area contributed by atoms with E-state index in [-0.39, 0.29) is 30.6 Å². The van der Waals surface area contributed by atoms with Gasteiger partial charge in [-0.25, -0.2) is 4.79 Å². The molecule has 6 heteroatoms. The van der Waals surface area contributed by atoms with Gasteiger partial charge in [0.15, 0.2) is 5.78 Å². The SMILES string of the molecule is O=C(CCC(=O)c1ccccc1)Nc1ccc(N2CCNC2=O)cc1. The van der Waals surface area contributed by atoms with Crippen molar-refractivity contribution in [1.29, 1.82) is 0 Å². The van der Waals surface area contributed by atoms with Gasteiger partial charge in [0.1, 0.15) is 0 Å². The zero-order chi connectivity index (χ0) is 17.6. The Morgan fingerprint density at radius 1 is 1.00 bits per heavy atom. The van der Waals surface area contributed by atoms with E-state index in [2.05, 4.69) is 10.6 Å². The molecule has 128 valence electrons. The molecule has 0 saturated carbocycles. The number of amides is 3. The maximum atomic E-state index is 12.0. The Morgan fingerprint density at radius 2 is 1.72 bits per heavy atom. The summed E-state index contributed by atoms with van der Waals surface area (Å²) >= 11 is 0. The molecule has 25 heavy (non-hydrogen) atoms. The minimum Gasteiger partial charge on any atom is -0.336 e. The molecule has 0 bridgehead atoms. The Balaban J connectivity index is 1.51. The fraction of sp³-hybridized carbons (Fsp3) is 0.211. The van der Waals surface area contributed by atoms with E-state index in [1.165, 1.54) is 0 Å². The van der Waals surface area contributed by atoms with E-state index in [0.717, 1.165) is 5.69 Å². The quantitative estimate of drug-likeness (QED) is 0.796. The van der Waals surface area contributed by atoms with Crippen LogP contribution >= 0.6 is 0 Å². The summed E-state index contributed by atoms with van der Waals surface area (Å²) in [6.07, 6.45) is 0.298. The molecular weight excluding hydrogens is 318 g/mol. The molecule has 1 saturated heterocycles. The van der Waals surface area contributed by atoms with Crippen molar-refractivity contribution in [3.8, 4) is 0 Å².